The number of alkyl halides is 1. The number of nitrogens with two attached hydrogens (primary N) is 1. The molecule has 0 saturated heterocycles. The second-order valence-corrected chi connectivity index (χ2v) is 2.07. The minimum absolute atomic E-state index is 0.0278. The highest BCUT2D eigenvalue weighted by atomic mass is 35.5. The molecule has 0 saturated carbocycles. The molecule has 0 spiro atoms. The smallest absolute Gasteiger partial charge is 0.150 e. The minimum atomic E-state index is -0.353. The predicted octanol–water partition coefficient (Wildman–Crippen LogP) is 0.532. The van der Waals surface area contributed by atoms with E-state index < -0.39 is 0 Å². The lowest BCUT2D eigenvalue weighted by Gasteiger charge is -1.98. The van der Waals surface area contributed by atoms with Crippen molar-refractivity contribution in [3.8, 4) is 0 Å². The second kappa shape index (κ2) is 3.87. The summed E-state index contributed by atoms with van der Waals surface area (Å²) in [6.45, 7) is 1.66. The lowest BCUT2D eigenvalue weighted by Crippen LogP contribution is -2.26. The molecule has 0 aliphatic heterocycles. The van der Waals surface area contributed by atoms with Crippen molar-refractivity contribution in [3.05, 3.63) is 0 Å². The monoisotopic (exact) mass is 135 g/mol. The largest absolute Gasteiger partial charge is 0.322 e. The summed E-state index contributed by atoms with van der Waals surface area (Å²) in [5.41, 5.74) is 5.21. The van der Waals surface area contributed by atoms with Gasteiger partial charge in [0.05, 0.1) is 6.04 Å². The second-order valence-electron chi connectivity index (χ2n) is 1.69. The van der Waals surface area contributed by atoms with Crippen LogP contribution in [0.5, 0.6) is 0 Å². The van der Waals surface area contributed by atoms with E-state index in [0.717, 1.165) is 0 Å². The van der Waals surface area contributed by atoms with Crippen LogP contribution < -0.4 is 5.73 Å². The summed E-state index contributed by atoms with van der Waals surface area (Å²) in [6.07, 6.45) is 0.388. The Morgan fingerprint density at radius 3 is 2.50 bits per heavy atom. The number of rotatable bonds is 3. The van der Waals surface area contributed by atoms with Crippen LogP contribution >= 0.6 is 11.6 Å². The highest BCUT2D eigenvalue weighted by Gasteiger charge is 2.04. The molecule has 2 N–H and O–H groups in total. The van der Waals surface area contributed by atoms with E-state index in [1.165, 1.54) is 0 Å². The highest BCUT2D eigenvalue weighted by molar-refractivity contribution is 6.19. The third-order valence-electron chi connectivity index (χ3n) is 0.849. The lowest BCUT2D eigenvalue weighted by atomic mass is 10.2. The summed E-state index contributed by atoms with van der Waals surface area (Å²) < 4.78 is 0. The zero-order valence-electron chi connectivity index (χ0n) is 4.86. The van der Waals surface area contributed by atoms with E-state index in [1.807, 2.05) is 0 Å². The Hall–Kier alpha value is -0.0800. The summed E-state index contributed by atoms with van der Waals surface area (Å²) in [7, 11) is 0. The van der Waals surface area contributed by atoms with Gasteiger partial charge in [-0.2, -0.15) is 0 Å². The van der Waals surface area contributed by atoms with E-state index in [2.05, 4.69) is 0 Å². The van der Waals surface area contributed by atoms with Crippen molar-refractivity contribution < 1.29 is 4.79 Å². The fourth-order valence-corrected chi connectivity index (χ4v) is 0.507. The maximum atomic E-state index is 10.5. The van der Waals surface area contributed by atoms with E-state index in [4.69, 9.17) is 17.3 Å². The lowest BCUT2D eigenvalue weighted by molar-refractivity contribution is -0.119. The molecular formula is C5H10ClNO. The molecule has 0 aromatic heterocycles. The van der Waals surface area contributed by atoms with Crippen molar-refractivity contribution in [2.24, 2.45) is 5.73 Å². The fraction of sp³-hybridized carbons (Fsp3) is 0.800. The minimum Gasteiger partial charge on any atom is -0.322 e. The standard InChI is InChI=1S/C5H10ClNO/c1-4(7)5(8)2-3-6/h4H,2-3,7H2,1H3/t4-/m0/s1. The maximum absolute atomic E-state index is 10.5. The molecule has 0 amide bonds. The third-order valence-corrected chi connectivity index (χ3v) is 1.04. The summed E-state index contributed by atoms with van der Waals surface area (Å²) in [5, 5.41) is 0. The van der Waals surface area contributed by atoms with Gasteiger partial charge in [0.2, 0.25) is 0 Å². The Kier molecular flexibility index (Phi) is 3.83. The Morgan fingerprint density at radius 2 is 2.38 bits per heavy atom. The first-order valence-electron chi connectivity index (χ1n) is 2.52. The van der Waals surface area contributed by atoms with Crippen molar-refractivity contribution in [3.63, 3.8) is 0 Å². The Bertz CT molecular complexity index is 82.5. The first kappa shape index (κ1) is 7.92. The van der Waals surface area contributed by atoms with E-state index in [1.54, 1.807) is 6.92 Å². The van der Waals surface area contributed by atoms with Crippen LogP contribution in [-0.2, 0) is 4.79 Å². The average Bonchev–Trinajstić information content (AvgIpc) is 1.67. The van der Waals surface area contributed by atoms with Gasteiger partial charge in [0, 0.05) is 12.3 Å². The Morgan fingerprint density at radius 1 is 1.88 bits per heavy atom. The molecular weight excluding hydrogens is 126 g/mol. The van der Waals surface area contributed by atoms with Crippen molar-refractivity contribution in [2.75, 3.05) is 5.88 Å². The number of hydrogen-bond acceptors (Lipinski definition) is 2. The van der Waals surface area contributed by atoms with E-state index in [9.17, 15) is 4.79 Å². The van der Waals surface area contributed by atoms with Crippen molar-refractivity contribution >= 4 is 17.4 Å². The topological polar surface area (TPSA) is 43.1 Å². The molecule has 1 atom stereocenters. The molecule has 0 heterocycles. The molecule has 0 bridgehead atoms. The maximum Gasteiger partial charge on any atom is 0.150 e. The summed E-state index contributed by atoms with van der Waals surface area (Å²) in [4.78, 5) is 10.5. The molecule has 0 aliphatic rings. The number of Topliss-reactive ketones (excluding diaryl/α,β-unsaturated/α-hetero) is 1. The van der Waals surface area contributed by atoms with Crippen molar-refractivity contribution in [1.29, 1.82) is 0 Å². The summed E-state index contributed by atoms with van der Waals surface area (Å²) in [6, 6.07) is -0.353. The van der Waals surface area contributed by atoms with Gasteiger partial charge in [-0.25, -0.2) is 0 Å². The molecule has 0 aromatic carbocycles. The molecule has 0 rings (SSSR count). The van der Waals surface area contributed by atoms with E-state index in [-0.39, 0.29) is 11.8 Å². The van der Waals surface area contributed by atoms with Crippen molar-refractivity contribution in [2.45, 2.75) is 19.4 Å². The van der Waals surface area contributed by atoms with Gasteiger partial charge >= 0.3 is 0 Å². The number of carbonyl (C=O) groups is 1. The molecule has 0 unspecified atom stereocenters. The third kappa shape index (κ3) is 2.99. The zero-order chi connectivity index (χ0) is 6.57. The van der Waals surface area contributed by atoms with Crippen LogP contribution in [0.1, 0.15) is 13.3 Å². The first-order chi connectivity index (χ1) is 3.68. The van der Waals surface area contributed by atoms with Gasteiger partial charge in [-0.3, -0.25) is 4.79 Å². The van der Waals surface area contributed by atoms with Crippen LogP contribution in [0.25, 0.3) is 0 Å². The molecule has 48 valence electrons. The number of ketones is 1. The molecule has 2 nitrogen and oxygen atoms in total. The number of carbonyl (C=O) groups excluding carboxylic acids is 1. The van der Waals surface area contributed by atoms with Gasteiger partial charge in [-0.05, 0) is 6.92 Å². The van der Waals surface area contributed by atoms with Gasteiger partial charge in [-0.1, -0.05) is 0 Å². The average molecular weight is 136 g/mol. The van der Waals surface area contributed by atoms with Gasteiger partial charge in [0.25, 0.3) is 0 Å². The van der Waals surface area contributed by atoms with Crippen LogP contribution in [0.2, 0.25) is 0 Å². The predicted molar refractivity (Wildman–Crippen MR) is 34.0 cm³/mol. The van der Waals surface area contributed by atoms with Gasteiger partial charge < -0.3 is 5.73 Å². The van der Waals surface area contributed by atoms with Crippen LogP contribution in [0.3, 0.4) is 0 Å². The number of hydrogen-bond donors (Lipinski definition) is 1. The van der Waals surface area contributed by atoms with Crippen molar-refractivity contribution in [1.82, 2.24) is 0 Å². The first-order valence-corrected chi connectivity index (χ1v) is 3.06. The van der Waals surface area contributed by atoms with Crippen LogP contribution in [0.4, 0.5) is 0 Å². The zero-order valence-corrected chi connectivity index (χ0v) is 5.61. The van der Waals surface area contributed by atoms with E-state index >= 15 is 0 Å². The summed E-state index contributed by atoms with van der Waals surface area (Å²) in [5.74, 6) is 0.403. The van der Waals surface area contributed by atoms with E-state index in [0.29, 0.717) is 12.3 Å². The van der Waals surface area contributed by atoms with Gasteiger partial charge in [-0.15, -0.1) is 11.6 Å². The molecule has 0 aromatic rings. The van der Waals surface area contributed by atoms with Crippen LogP contribution in [-0.4, -0.2) is 17.7 Å². The molecule has 0 fully saturated rings. The SMILES string of the molecule is C[C@H](N)C(=O)CCCl. The van der Waals surface area contributed by atoms with Crippen LogP contribution in [0, 0.1) is 0 Å². The Labute approximate surface area is 54.0 Å². The fourth-order valence-electron chi connectivity index (χ4n) is 0.321. The Balaban J connectivity index is 3.33. The van der Waals surface area contributed by atoms with Gasteiger partial charge in [0.1, 0.15) is 5.78 Å². The molecule has 3 heteroatoms. The highest BCUT2D eigenvalue weighted by Crippen LogP contribution is 1.89. The molecule has 0 radical (unpaired) electrons. The quantitative estimate of drug-likeness (QED) is 0.574. The normalized spacial score (nSPS) is 13.4. The molecule has 0 aliphatic carbocycles. The molecule has 8 heavy (non-hydrogen) atoms. The summed E-state index contributed by atoms with van der Waals surface area (Å²) >= 11 is 5.26. The van der Waals surface area contributed by atoms with Gasteiger partial charge in [0.15, 0.2) is 0 Å². The number of halogens is 1. The van der Waals surface area contributed by atoms with Crippen LogP contribution in [0.15, 0.2) is 0 Å².